The van der Waals surface area contributed by atoms with Crippen molar-refractivity contribution in [1.29, 1.82) is 0 Å². The minimum absolute atomic E-state index is 0.606. The molecule has 0 bridgehead atoms. The van der Waals surface area contributed by atoms with Gasteiger partial charge in [0, 0.05) is 11.4 Å². The van der Waals surface area contributed by atoms with Crippen molar-refractivity contribution in [3.63, 3.8) is 0 Å². The van der Waals surface area contributed by atoms with Crippen LogP contribution in [0, 0.1) is 5.92 Å². The molecule has 0 fully saturated rings. The summed E-state index contributed by atoms with van der Waals surface area (Å²) in [5.41, 5.74) is 3.33. The number of nitrogens with zero attached hydrogens (tertiary/aromatic N) is 1. The molecular weight excluding hydrogens is 342 g/mol. The highest BCUT2D eigenvalue weighted by Gasteiger charge is 2.17. The van der Waals surface area contributed by atoms with Crippen molar-refractivity contribution < 1.29 is 4.74 Å². The molecule has 2 heteroatoms. The van der Waals surface area contributed by atoms with E-state index in [4.69, 9.17) is 4.74 Å². The molecule has 1 unspecified atom stereocenters. The number of hydrogen-bond donors (Lipinski definition) is 0. The Morgan fingerprint density at radius 2 is 1.32 bits per heavy atom. The van der Waals surface area contributed by atoms with E-state index in [-0.39, 0.29) is 0 Å². The number of unbranched alkanes of at least 4 members (excludes halogenated alkanes) is 1. The quantitative estimate of drug-likeness (QED) is 0.360. The lowest BCUT2D eigenvalue weighted by Gasteiger charge is -2.28. The first kappa shape index (κ1) is 20.0. The van der Waals surface area contributed by atoms with E-state index < -0.39 is 0 Å². The maximum absolute atomic E-state index is 6.37. The molecule has 3 aromatic rings. The highest BCUT2D eigenvalue weighted by Crippen LogP contribution is 2.39. The SMILES string of the molecule is CCCCC(CC)COc1ccccc1N(c1ccccc1)c1ccccc1. The predicted molar refractivity (Wildman–Crippen MR) is 120 cm³/mol. The van der Waals surface area contributed by atoms with Crippen LogP contribution in [-0.4, -0.2) is 6.61 Å². The molecule has 0 aliphatic rings. The summed E-state index contributed by atoms with van der Waals surface area (Å²) in [7, 11) is 0. The van der Waals surface area contributed by atoms with Crippen LogP contribution in [0.5, 0.6) is 5.75 Å². The lowest BCUT2D eigenvalue weighted by atomic mass is 10.0. The van der Waals surface area contributed by atoms with Crippen LogP contribution in [0.2, 0.25) is 0 Å². The highest BCUT2D eigenvalue weighted by atomic mass is 16.5. The zero-order valence-electron chi connectivity index (χ0n) is 17.1. The molecule has 3 rings (SSSR count). The van der Waals surface area contributed by atoms with Gasteiger partial charge in [0.05, 0.1) is 12.3 Å². The summed E-state index contributed by atoms with van der Waals surface area (Å²) in [4.78, 5) is 2.27. The van der Waals surface area contributed by atoms with Crippen LogP contribution in [0.1, 0.15) is 39.5 Å². The molecule has 0 saturated carbocycles. The van der Waals surface area contributed by atoms with Gasteiger partial charge in [-0.1, -0.05) is 81.6 Å². The maximum Gasteiger partial charge on any atom is 0.143 e. The van der Waals surface area contributed by atoms with Crippen molar-refractivity contribution in [2.45, 2.75) is 39.5 Å². The van der Waals surface area contributed by atoms with E-state index >= 15 is 0 Å². The van der Waals surface area contributed by atoms with Crippen molar-refractivity contribution in [3.8, 4) is 5.75 Å². The van der Waals surface area contributed by atoms with Crippen molar-refractivity contribution in [2.75, 3.05) is 11.5 Å². The van der Waals surface area contributed by atoms with E-state index in [1.807, 2.05) is 0 Å². The minimum atomic E-state index is 0.606. The summed E-state index contributed by atoms with van der Waals surface area (Å²) in [6.45, 7) is 5.28. The molecule has 28 heavy (non-hydrogen) atoms. The van der Waals surface area contributed by atoms with Gasteiger partial charge >= 0.3 is 0 Å². The van der Waals surface area contributed by atoms with E-state index in [2.05, 4.69) is 104 Å². The smallest absolute Gasteiger partial charge is 0.143 e. The predicted octanol–water partition coefficient (Wildman–Crippen LogP) is 7.75. The second kappa shape index (κ2) is 10.6. The molecule has 146 valence electrons. The fourth-order valence-corrected chi connectivity index (χ4v) is 3.45. The van der Waals surface area contributed by atoms with Gasteiger partial charge in [0.1, 0.15) is 5.75 Å². The number of hydrogen-bond acceptors (Lipinski definition) is 2. The van der Waals surface area contributed by atoms with Crippen LogP contribution in [0.4, 0.5) is 17.1 Å². The summed E-state index contributed by atoms with van der Waals surface area (Å²) < 4.78 is 6.37. The van der Waals surface area contributed by atoms with Crippen molar-refractivity contribution in [2.24, 2.45) is 5.92 Å². The summed E-state index contributed by atoms with van der Waals surface area (Å²) in [5, 5.41) is 0. The van der Waals surface area contributed by atoms with Gasteiger partial charge in [-0.3, -0.25) is 0 Å². The molecule has 0 heterocycles. The molecule has 0 radical (unpaired) electrons. The van der Waals surface area contributed by atoms with E-state index in [0.717, 1.165) is 35.8 Å². The molecule has 3 aromatic carbocycles. The van der Waals surface area contributed by atoms with Gasteiger partial charge in [0.25, 0.3) is 0 Å². The third-order valence-electron chi connectivity index (χ3n) is 5.15. The van der Waals surface area contributed by atoms with E-state index in [9.17, 15) is 0 Å². The van der Waals surface area contributed by atoms with Crippen LogP contribution in [0.3, 0.4) is 0 Å². The molecule has 0 spiro atoms. The van der Waals surface area contributed by atoms with Crippen LogP contribution < -0.4 is 9.64 Å². The number of anilines is 3. The highest BCUT2D eigenvalue weighted by molar-refractivity contribution is 5.79. The molecule has 0 aromatic heterocycles. The van der Waals surface area contributed by atoms with Gasteiger partial charge < -0.3 is 9.64 Å². The van der Waals surface area contributed by atoms with E-state index in [1.54, 1.807) is 0 Å². The van der Waals surface area contributed by atoms with Gasteiger partial charge in [0.15, 0.2) is 0 Å². The molecule has 0 amide bonds. The number of benzene rings is 3. The molecular formula is C26H31NO. The Morgan fingerprint density at radius 1 is 0.750 bits per heavy atom. The van der Waals surface area contributed by atoms with Crippen LogP contribution >= 0.6 is 0 Å². The van der Waals surface area contributed by atoms with Crippen LogP contribution in [0.25, 0.3) is 0 Å². The number of rotatable bonds is 10. The third-order valence-corrected chi connectivity index (χ3v) is 5.15. The Kier molecular flexibility index (Phi) is 7.54. The van der Waals surface area contributed by atoms with Crippen molar-refractivity contribution in [1.82, 2.24) is 0 Å². The lowest BCUT2D eigenvalue weighted by Crippen LogP contribution is -2.15. The largest absolute Gasteiger partial charge is 0.491 e. The molecule has 0 aliphatic carbocycles. The Labute approximate surface area is 169 Å². The van der Waals surface area contributed by atoms with Crippen LogP contribution in [0.15, 0.2) is 84.9 Å². The zero-order valence-corrected chi connectivity index (χ0v) is 17.1. The zero-order chi connectivity index (χ0) is 19.6. The van der Waals surface area contributed by atoms with Gasteiger partial charge in [-0.05, 0) is 48.7 Å². The van der Waals surface area contributed by atoms with Crippen LogP contribution in [-0.2, 0) is 0 Å². The van der Waals surface area contributed by atoms with Crippen molar-refractivity contribution >= 4 is 17.1 Å². The molecule has 0 aliphatic heterocycles. The van der Waals surface area contributed by atoms with Gasteiger partial charge in [-0.15, -0.1) is 0 Å². The Morgan fingerprint density at radius 3 is 1.89 bits per heavy atom. The standard InChI is InChI=1S/C26H31NO/c1-3-5-14-22(4-2)21-28-26-20-13-12-19-25(26)27(23-15-8-6-9-16-23)24-17-10-7-11-18-24/h6-13,15-20,22H,3-5,14,21H2,1-2H3. The molecule has 0 N–H and O–H groups in total. The summed E-state index contributed by atoms with van der Waals surface area (Å²) in [6.07, 6.45) is 4.89. The number of ether oxygens (including phenoxy) is 1. The van der Waals surface area contributed by atoms with Crippen molar-refractivity contribution in [3.05, 3.63) is 84.9 Å². The van der Waals surface area contributed by atoms with Gasteiger partial charge in [-0.25, -0.2) is 0 Å². The summed E-state index contributed by atoms with van der Waals surface area (Å²) in [5.74, 6) is 1.54. The Bertz CT molecular complexity index is 777. The maximum atomic E-state index is 6.37. The topological polar surface area (TPSA) is 12.5 Å². The summed E-state index contributed by atoms with van der Waals surface area (Å²) in [6, 6.07) is 29.3. The first-order valence-electron chi connectivity index (χ1n) is 10.5. The average Bonchev–Trinajstić information content (AvgIpc) is 2.76. The lowest BCUT2D eigenvalue weighted by molar-refractivity contribution is 0.234. The first-order chi connectivity index (χ1) is 13.8. The molecule has 2 nitrogen and oxygen atoms in total. The Hall–Kier alpha value is -2.74. The third kappa shape index (κ3) is 5.16. The monoisotopic (exact) mass is 373 g/mol. The molecule has 0 saturated heterocycles. The summed E-state index contributed by atoms with van der Waals surface area (Å²) >= 11 is 0. The van der Waals surface area contributed by atoms with E-state index in [0.29, 0.717) is 5.92 Å². The fraction of sp³-hybridized carbons (Fsp3) is 0.308. The molecule has 1 atom stereocenters. The first-order valence-corrected chi connectivity index (χ1v) is 10.5. The van der Waals surface area contributed by atoms with E-state index in [1.165, 1.54) is 19.3 Å². The van der Waals surface area contributed by atoms with Gasteiger partial charge in [-0.2, -0.15) is 0 Å². The second-order valence-electron chi connectivity index (χ2n) is 7.20. The average molecular weight is 374 g/mol. The number of para-hydroxylation sites is 4. The minimum Gasteiger partial charge on any atom is -0.491 e. The second-order valence-corrected chi connectivity index (χ2v) is 7.20. The normalized spacial score (nSPS) is 11.8. The fourth-order valence-electron chi connectivity index (χ4n) is 3.45. The Balaban J connectivity index is 1.91. The van der Waals surface area contributed by atoms with Gasteiger partial charge in [0.2, 0.25) is 0 Å².